The molecule has 1 aromatic carbocycles. The van der Waals surface area contributed by atoms with E-state index in [4.69, 9.17) is 17.3 Å². The number of carbonyl (C=O) groups excluding carboxylic acids is 1. The summed E-state index contributed by atoms with van der Waals surface area (Å²) >= 11 is 6.14. The SMILES string of the molecule is NC(=O)c1c[nH+]c(NC(C2CC2)C2CC2)c2c1[nH]c1cc(Cl)ccc12. The number of amides is 1. The van der Waals surface area contributed by atoms with Gasteiger partial charge in [-0.15, -0.1) is 0 Å². The summed E-state index contributed by atoms with van der Waals surface area (Å²) < 4.78 is 0. The number of nitrogens with one attached hydrogen (secondary N) is 3. The lowest BCUT2D eigenvalue weighted by Gasteiger charge is -2.13. The third-order valence-electron chi connectivity index (χ3n) is 5.48. The van der Waals surface area contributed by atoms with Crippen LogP contribution < -0.4 is 16.0 Å². The molecule has 0 aliphatic heterocycles. The molecule has 5 N–H and O–H groups in total. The van der Waals surface area contributed by atoms with Crippen LogP contribution in [-0.2, 0) is 0 Å². The number of aromatic nitrogens is 2. The fourth-order valence-electron chi connectivity index (χ4n) is 3.93. The number of primary amides is 1. The number of rotatable bonds is 5. The van der Waals surface area contributed by atoms with Crippen LogP contribution in [0, 0.1) is 11.8 Å². The van der Waals surface area contributed by atoms with Crippen LogP contribution >= 0.6 is 11.6 Å². The maximum absolute atomic E-state index is 11.9. The van der Waals surface area contributed by atoms with Gasteiger partial charge in [0, 0.05) is 15.9 Å². The molecule has 0 unspecified atom stereocenters. The topological polar surface area (TPSA) is 85.1 Å². The molecule has 6 heteroatoms. The molecule has 3 aromatic rings. The second-order valence-corrected chi connectivity index (χ2v) is 7.79. The second-order valence-electron chi connectivity index (χ2n) is 7.35. The summed E-state index contributed by atoms with van der Waals surface area (Å²) in [7, 11) is 0. The van der Waals surface area contributed by atoms with Gasteiger partial charge in [-0.05, 0) is 49.7 Å². The van der Waals surface area contributed by atoms with Gasteiger partial charge in [-0.1, -0.05) is 17.7 Å². The summed E-state index contributed by atoms with van der Waals surface area (Å²) in [6.07, 6.45) is 6.92. The van der Waals surface area contributed by atoms with E-state index in [1.165, 1.54) is 25.7 Å². The van der Waals surface area contributed by atoms with Gasteiger partial charge in [-0.3, -0.25) is 10.1 Å². The number of halogens is 1. The zero-order chi connectivity index (χ0) is 17.1. The van der Waals surface area contributed by atoms with Crippen molar-refractivity contribution in [1.82, 2.24) is 4.98 Å². The number of carbonyl (C=O) groups is 1. The third-order valence-corrected chi connectivity index (χ3v) is 5.71. The predicted octanol–water partition coefficient (Wildman–Crippen LogP) is 3.49. The van der Waals surface area contributed by atoms with Crippen LogP contribution in [0.5, 0.6) is 0 Å². The molecule has 0 bridgehead atoms. The van der Waals surface area contributed by atoms with Crippen LogP contribution in [0.1, 0.15) is 36.0 Å². The molecule has 2 aromatic heterocycles. The third kappa shape index (κ3) is 2.54. The number of hydrogen-bond acceptors (Lipinski definition) is 2. The molecule has 2 aliphatic carbocycles. The lowest BCUT2D eigenvalue weighted by molar-refractivity contribution is -0.359. The molecule has 1 amide bonds. The first-order chi connectivity index (χ1) is 12.1. The number of hydrogen-bond donors (Lipinski definition) is 3. The number of nitrogens with two attached hydrogens (primary N) is 1. The number of fused-ring (bicyclic) bond motifs is 3. The number of benzene rings is 1. The summed E-state index contributed by atoms with van der Waals surface area (Å²) in [6, 6.07) is 6.25. The summed E-state index contributed by atoms with van der Waals surface area (Å²) in [5.41, 5.74) is 7.70. The van der Waals surface area contributed by atoms with Gasteiger partial charge < -0.3 is 10.7 Å². The van der Waals surface area contributed by atoms with E-state index in [9.17, 15) is 4.79 Å². The first-order valence-electron chi connectivity index (χ1n) is 8.84. The lowest BCUT2D eigenvalue weighted by Crippen LogP contribution is -2.29. The number of pyridine rings is 1. The van der Waals surface area contributed by atoms with E-state index in [0.29, 0.717) is 16.6 Å². The summed E-state index contributed by atoms with van der Waals surface area (Å²) in [5.74, 6) is 2.04. The number of H-pyrrole nitrogens is 2. The smallest absolute Gasteiger partial charge is 0.282 e. The normalized spacial score (nSPS) is 17.5. The van der Waals surface area contributed by atoms with Crippen LogP contribution in [0.15, 0.2) is 24.4 Å². The van der Waals surface area contributed by atoms with Crippen LogP contribution in [-0.4, -0.2) is 16.9 Å². The maximum atomic E-state index is 11.9. The van der Waals surface area contributed by atoms with Crippen molar-refractivity contribution in [3.05, 3.63) is 35.0 Å². The van der Waals surface area contributed by atoms with Gasteiger partial charge in [-0.2, -0.15) is 0 Å². The minimum Gasteiger partial charge on any atom is -0.365 e. The molecule has 2 aliphatic rings. The molecule has 25 heavy (non-hydrogen) atoms. The Balaban J connectivity index is 1.71. The van der Waals surface area contributed by atoms with Crippen molar-refractivity contribution in [3.63, 3.8) is 0 Å². The van der Waals surface area contributed by atoms with Crippen LogP contribution in [0.3, 0.4) is 0 Å². The van der Waals surface area contributed by atoms with Gasteiger partial charge in [0.15, 0.2) is 0 Å². The highest BCUT2D eigenvalue weighted by Gasteiger charge is 2.45. The Hall–Kier alpha value is -2.27. The standard InChI is InChI=1S/C19H19ClN4O/c20-11-5-6-12-14(7-11)23-17-13(18(21)25)8-22-19(15(12)17)24-16(9-1-2-9)10-3-4-10/h5-10,16,23H,1-4H2,(H2,21,25)(H,22,24)/p+1. The van der Waals surface area contributed by atoms with Crippen molar-refractivity contribution in [2.75, 3.05) is 5.32 Å². The Labute approximate surface area is 149 Å². The molecule has 2 heterocycles. The minimum absolute atomic E-state index is 0.452. The number of anilines is 1. The van der Waals surface area contributed by atoms with Gasteiger partial charge in [0.25, 0.3) is 11.7 Å². The Morgan fingerprint density at radius 2 is 2.00 bits per heavy atom. The molecular weight excluding hydrogens is 336 g/mol. The highest BCUT2D eigenvalue weighted by Crippen LogP contribution is 2.46. The minimum atomic E-state index is -0.452. The molecule has 0 radical (unpaired) electrons. The molecule has 2 saturated carbocycles. The van der Waals surface area contributed by atoms with Crippen molar-refractivity contribution in [1.29, 1.82) is 0 Å². The van der Waals surface area contributed by atoms with Crippen LogP contribution in [0.4, 0.5) is 5.82 Å². The Bertz CT molecular complexity index is 991. The highest BCUT2D eigenvalue weighted by molar-refractivity contribution is 6.31. The van der Waals surface area contributed by atoms with E-state index >= 15 is 0 Å². The summed E-state index contributed by atoms with van der Waals surface area (Å²) in [6.45, 7) is 0. The monoisotopic (exact) mass is 355 g/mol. The first-order valence-corrected chi connectivity index (χ1v) is 9.21. The average molecular weight is 356 g/mol. The molecule has 0 spiro atoms. The molecule has 2 fully saturated rings. The van der Waals surface area contributed by atoms with E-state index in [1.807, 2.05) is 18.2 Å². The zero-order valence-electron chi connectivity index (χ0n) is 13.7. The molecule has 128 valence electrons. The fourth-order valence-corrected chi connectivity index (χ4v) is 4.10. The lowest BCUT2D eigenvalue weighted by atomic mass is 10.1. The summed E-state index contributed by atoms with van der Waals surface area (Å²) in [5, 5.41) is 6.42. The molecule has 5 nitrogen and oxygen atoms in total. The molecule has 5 rings (SSSR count). The van der Waals surface area contributed by atoms with Gasteiger partial charge >= 0.3 is 0 Å². The van der Waals surface area contributed by atoms with E-state index < -0.39 is 5.91 Å². The second kappa shape index (κ2) is 5.36. The van der Waals surface area contributed by atoms with Crippen molar-refractivity contribution < 1.29 is 9.78 Å². The Morgan fingerprint density at radius 1 is 1.28 bits per heavy atom. The highest BCUT2D eigenvalue weighted by atomic mass is 35.5. The molecular formula is C19H20ClN4O+. The summed E-state index contributed by atoms with van der Waals surface area (Å²) in [4.78, 5) is 18.5. The first kappa shape index (κ1) is 15.0. The van der Waals surface area contributed by atoms with Gasteiger partial charge in [0.1, 0.15) is 11.8 Å². The molecule has 0 saturated heterocycles. The van der Waals surface area contributed by atoms with Crippen molar-refractivity contribution in [2.45, 2.75) is 31.7 Å². The van der Waals surface area contributed by atoms with Crippen LogP contribution in [0.25, 0.3) is 21.8 Å². The van der Waals surface area contributed by atoms with E-state index in [0.717, 1.165) is 39.5 Å². The van der Waals surface area contributed by atoms with Crippen LogP contribution in [0.2, 0.25) is 5.02 Å². The zero-order valence-corrected chi connectivity index (χ0v) is 14.5. The van der Waals surface area contributed by atoms with Crippen molar-refractivity contribution in [2.24, 2.45) is 17.6 Å². The van der Waals surface area contributed by atoms with Crippen molar-refractivity contribution >= 4 is 45.1 Å². The van der Waals surface area contributed by atoms with E-state index in [-0.39, 0.29) is 0 Å². The van der Waals surface area contributed by atoms with Gasteiger partial charge in [0.05, 0.1) is 16.9 Å². The maximum Gasteiger partial charge on any atom is 0.282 e. The Morgan fingerprint density at radius 3 is 2.64 bits per heavy atom. The quantitative estimate of drug-likeness (QED) is 0.654. The Kier molecular flexibility index (Phi) is 3.22. The predicted molar refractivity (Wildman–Crippen MR) is 98.7 cm³/mol. The van der Waals surface area contributed by atoms with Crippen molar-refractivity contribution in [3.8, 4) is 0 Å². The molecule has 0 atom stereocenters. The van der Waals surface area contributed by atoms with Gasteiger partial charge in [-0.25, -0.2) is 4.98 Å². The van der Waals surface area contributed by atoms with Gasteiger partial charge in [0.2, 0.25) is 0 Å². The average Bonchev–Trinajstić information content (AvgIpc) is 3.48. The largest absolute Gasteiger partial charge is 0.365 e. The number of aromatic amines is 2. The fraction of sp³-hybridized carbons (Fsp3) is 0.368. The van der Waals surface area contributed by atoms with E-state index in [2.05, 4.69) is 15.3 Å². The van der Waals surface area contributed by atoms with E-state index in [1.54, 1.807) is 6.20 Å².